The number of likely N-dealkylation sites (tertiary alicyclic amines) is 1. The van der Waals surface area contributed by atoms with Crippen LogP contribution in [-0.2, 0) is 14.3 Å². The van der Waals surface area contributed by atoms with Gasteiger partial charge >= 0.3 is 5.97 Å². The second-order valence-corrected chi connectivity index (χ2v) is 7.11. The minimum Gasteiger partial charge on any atom is -0.466 e. The molecule has 0 bridgehead atoms. The Bertz CT molecular complexity index is 901. The smallest absolute Gasteiger partial charge is 0.309 e. The molecule has 6 nitrogen and oxygen atoms in total. The summed E-state index contributed by atoms with van der Waals surface area (Å²) in [4.78, 5) is 39.5. The van der Waals surface area contributed by atoms with Gasteiger partial charge in [-0.1, -0.05) is 48.5 Å². The Morgan fingerprint density at radius 2 is 1.60 bits per heavy atom. The Labute approximate surface area is 176 Å². The van der Waals surface area contributed by atoms with E-state index in [1.807, 2.05) is 36.4 Å². The third-order valence-electron chi connectivity index (χ3n) is 5.03. The van der Waals surface area contributed by atoms with Crippen LogP contribution in [0, 0.1) is 5.92 Å². The number of benzene rings is 2. The van der Waals surface area contributed by atoms with E-state index in [1.54, 1.807) is 42.2 Å². The van der Waals surface area contributed by atoms with Crippen LogP contribution in [0.1, 0.15) is 35.7 Å². The molecule has 1 aliphatic rings. The molecule has 156 valence electrons. The maximum absolute atomic E-state index is 13.2. The molecular weight excluding hydrogens is 380 g/mol. The molecule has 2 aromatic carbocycles. The molecule has 0 atom stereocenters. The Kier molecular flexibility index (Phi) is 7.38. The first-order valence-electron chi connectivity index (χ1n) is 10.2. The van der Waals surface area contributed by atoms with Gasteiger partial charge in [-0.05, 0) is 43.5 Å². The highest BCUT2D eigenvalue weighted by Gasteiger charge is 2.30. The molecule has 0 aromatic heterocycles. The molecule has 2 amide bonds. The number of esters is 1. The molecule has 1 heterocycles. The van der Waals surface area contributed by atoms with E-state index in [9.17, 15) is 14.4 Å². The summed E-state index contributed by atoms with van der Waals surface area (Å²) in [6, 6.07) is 18.2. The number of hydrogen-bond acceptors (Lipinski definition) is 4. The number of rotatable bonds is 6. The van der Waals surface area contributed by atoms with Crippen molar-refractivity contribution in [3.05, 3.63) is 77.5 Å². The molecule has 0 radical (unpaired) electrons. The van der Waals surface area contributed by atoms with Crippen LogP contribution in [0.5, 0.6) is 0 Å². The molecule has 0 aliphatic carbocycles. The van der Waals surface area contributed by atoms with Gasteiger partial charge in [-0.2, -0.15) is 0 Å². The fourth-order valence-corrected chi connectivity index (χ4v) is 3.40. The number of amides is 2. The van der Waals surface area contributed by atoms with Gasteiger partial charge in [0.2, 0.25) is 0 Å². The van der Waals surface area contributed by atoms with E-state index in [0.29, 0.717) is 38.1 Å². The van der Waals surface area contributed by atoms with Crippen LogP contribution in [-0.4, -0.2) is 42.4 Å². The van der Waals surface area contributed by atoms with E-state index in [4.69, 9.17) is 4.74 Å². The van der Waals surface area contributed by atoms with Crippen LogP contribution in [0.2, 0.25) is 0 Å². The van der Waals surface area contributed by atoms with E-state index in [2.05, 4.69) is 5.32 Å². The quantitative estimate of drug-likeness (QED) is 0.590. The maximum atomic E-state index is 13.2. The highest BCUT2D eigenvalue weighted by molar-refractivity contribution is 6.05. The van der Waals surface area contributed by atoms with Gasteiger partial charge in [0, 0.05) is 18.7 Å². The Balaban J connectivity index is 1.75. The lowest BCUT2D eigenvalue weighted by atomic mass is 9.96. The van der Waals surface area contributed by atoms with Crippen molar-refractivity contribution in [2.45, 2.75) is 19.8 Å². The second-order valence-electron chi connectivity index (χ2n) is 7.11. The summed E-state index contributed by atoms with van der Waals surface area (Å²) in [7, 11) is 0. The van der Waals surface area contributed by atoms with Crippen molar-refractivity contribution < 1.29 is 19.1 Å². The van der Waals surface area contributed by atoms with Crippen LogP contribution in [0.25, 0.3) is 6.08 Å². The summed E-state index contributed by atoms with van der Waals surface area (Å²) in [5.41, 5.74) is 1.51. The summed E-state index contributed by atoms with van der Waals surface area (Å²) in [5.74, 6) is -0.991. The average molecular weight is 406 g/mol. The zero-order valence-electron chi connectivity index (χ0n) is 17.0. The predicted octanol–water partition coefficient (Wildman–Crippen LogP) is 3.26. The van der Waals surface area contributed by atoms with Gasteiger partial charge in [0.25, 0.3) is 11.8 Å². The lowest BCUT2D eigenvalue weighted by Gasteiger charge is -2.31. The number of carbonyl (C=O) groups excluding carboxylic acids is 3. The van der Waals surface area contributed by atoms with Crippen molar-refractivity contribution in [2.24, 2.45) is 5.92 Å². The molecule has 2 aromatic rings. The van der Waals surface area contributed by atoms with Crippen molar-refractivity contribution in [2.75, 3.05) is 19.7 Å². The largest absolute Gasteiger partial charge is 0.466 e. The van der Waals surface area contributed by atoms with Gasteiger partial charge in [-0.3, -0.25) is 14.4 Å². The minimum absolute atomic E-state index is 0.186. The Morgan fingerprint density at radius 3 is 2.20 bits per heavy atom. The van der Waals surface area contributed by atoms with Crippen molar-refractivity contribution in [3.8, 4) is 0 Å². The molecule has 1 N–H and O–H groups in total. The van der Waals surface area contributed by atoms with Gasteiger partial charge < -0.3 is 15.0 Å². The van der Waals surface area contributed by atoms with E-state index in [-0.39, 0.29) is 29.4 Å². The number of ether oxygens (including phenoxy) is 1. The van der Waals surface area contributed by atoms with E-state index >= 15 is 0 Å². The summed E-state index contributed by atoms with van der Waals surface area (Å²) in [5, 5.41) is 2.77. The SMILES string of the molecule is CCOC(=O)C1CCN(C(=O)/C(=C\c2ccccc2)NC(=O)c2ccccc2)CC1. The van der Waals surface area contributed by atoms with Crippen LogP contribution in [0.3, 0.4) is 0 Å². The van der Waals surface area contributed by atoms with Crippen molar-refractivity contribution in [1.29, 1.82) is 0 Å². The van der Waals surface area contributed by atoms with Crippen molar-refractivity contribution in [1.82, 2.24) is 10.2 Å². The minimum atomic E-state index is -0.340. The average Bonchev–Trinajstić information content (AvgIpc) is 2.79. The van der Waals surface area contributed by atoms with Crippen LogP contribution >= 0.6 is 0 Å². The van der Waals surface area contributed by atoms with E-state index in [0.717, 1.165) is 5.56 Å². The summed E-state index contributed by atoms with van der Waals surface area (Å²) in [6.45, 7) is 3.02. The van der Waals surface area contributed by atoms with Gasteiger partial charge in [0.1, 0.15) is 5.70 Å². The molecule has 0 unspecified atom stereocenters. The molecule has 0 saturated carbocycles. The van der Waals surface area contributed by atoms with Crippen LogP contribution in [0.4, 0.5) is 0 Å². The topological polar surface area (TPSA) is 75.7 Å². The first-order chi connectivity index (χ1) is 14.6. The molecule has 6 heteroatoms. The van der Waals surface area contributed by atoms with Crippen molar-refractivity contribution >= 4 is 23.9 Å². The fraction of sp³-hybridized carbons (Fsp3) is 0.292. The third-order valence-corrected chi connectivity index (χ3v) is 5.03. The Hall–Kier alpha value is -3.41. The van der Waals surface area contributed by atoms with Crippen LogP contribution < -0.4 is 5.32 Å². The van der Waals surface area contributed by atoms with Crippen molar-refractivity contribution in [3.63, 3.8) is 0 Å². The normalized spacial score (nSPS) is 14.8. The molecule has 3 rings (SSSR count). The molecule has 0 spiro atoms. The predicted molar refractivity (Wildman–Crippen MR) is 114 cm³/mol. The first kappa shape index (κ1) is 21.3. The lowest BCUT2D eigenvalue weighted by molar-refractivity contribution is -0.150. The van der Waals surface area contributed by atoms with Gasteiger partial charge in [-0.25, -0.2) is 0 Å². The number of nitrogens with one attached hydrogen (secondary N) is 1. The fourth-order valence-electron chi connectivity index (χ4n) is 3.40. The summed E-state index contributed by atoms with van der Waals surface area (Å²) in [6.07, 6.45) is 2.78. The number of piperidine rings is 1. The van der Waals surface area contributed by atoms with Gasteiger partial charge in [0.15, 0.2) is 0 Å². The zero-order chi connectivity index (χ0) is 21.3. The maximum Gasteiger partial charge on any atom is 0.309 e. The Morgan fingerprint density at radius 1 is 1.00 bits per heavy atom. The molecule has 30 heavy (non-hydrogen) atoms. The molecular formula is C24H26N2O4. The highest BCUT2D eigenvalue weighted by Crippen LogP contribution is 2.20. The lowest BCUT2D eigenvalue weighted by Crippen LogP contribution is -2.44. The van der Waals surface area contributed by atoms with Gasteiger partial charge in [-0.15, -0.1) is 0 Å². The molecule has 1 saturated heterocycles. The zero-order valence-corrected chi connectivity index (χ0v) is 17.0. The number of carbonyl (C=O) groups is 3. The number of nitrogens with zero attached hydrogens (tertiary/aromatic N) is 1. The molecule has 1 fully saturated rings. The van der Waals surface area contributed by atoms with E-state index < -0.39 is 0 Å². The monoisotopic (exact) mass is 406 g/mol. The summed E-state index contributed by atoms with van der Waals surface area (Å²) >= 11 is 0. The standard InChI is InChI=1S/C24H26N2O4/c1-2-30-24(29)20-13-15-26(16-14-20)23(28)21(17-18-9-5-3-6-10-18)25-22(27)19-11-7-4-8-12-19/h3-12,17,20H,2,13-16H2,1H3,(H,25,27)/b21-17+. The van der Waals surface area contributed by atoms with E-state index in [1.165, 1.54) is 0 Å². The third kappa shape index (κ3) is 5.56. The second kappa shape index (κ2) is 10.4. The van der Waals surface area contributed by atoms with Crippen LogP contribution in [0.15, 0.2) is 66.4 Å². The summed E-state index contributed by atoms with van der Waals surface area (Å²) < 4.78 is 5.09. The van der Waals surface area contributed by atoms with Gasteiger partial charge in [0.05, 0.1) is 12.5 Å². The number of hydrogen-bond donors (Lipinski definition) is 1. The molecule has 1 aliphatic heterocycles. The highest BCUT2D eigenvalue weighted by atomic mass is 16.5. The first-order valence-corrected chi connectivity index (χ1v) is 10.2.